The van der Waals surface area contributed by atoms with Gasteiger partial charge in [-0.3, -0.25) is 33.8 Å². The van der Waals surface area contributed by atoms with E-state index in [0.29, 0.717) is 59.2 Å². The average Bonchev–Trinajstić information content (AvgIpc) is 0.760. The van der Waals surface area contributed by atoms with Gasteiger partial charge in [0.1, 0.15) is 13.2 Å². The van der Waals surface area contributed by atoms with Crippen LogP contribution in [-0.2, 0) is 52.6 Å². The first-order chi connectivity index (χ1) is 43.2. The topological polar surface area (TPSA) is 285 Å². The molecule has 0 radical (unpaired) electrons. The minimum Gasteiger partial charge on any atom is -1.00 e. The quantitative estimate of drug-likeness (QED) is 0.0170. The van der Waals surface area contributed by atoms with Crippen molar-refractivity contribution in [2.45, 2.75) is 203 Å². The van der Waals surface area contributed by atoms with Gasteiger partial charge in [0.25, 0.3) is 17.6 Å². The van der Waals surface area contributed by atoms with Gasteiger partial charge in [-0.25, -0.2) is 19.6 Å². The van der Waals surface area contributed by atoms with Crippen molar-refractivity contribution in [1.29, 1.82) is 0 Å². The van der Waals surface area contributed by atoms with Gasteiger partial charge in [0, 0.05) is 67.5 Å². The smallest absolute Gasteiger partial charge is 1.00 e. The van der Waals surface area contributed by atoms with Crippen molar-refractivity contribution in [1.82, 2.24) is 28.9 Å². The van der Waals surface area contributed by atoms with Crippen LogP contribution in [-0.4, -0.2) is 152 Å². The van der Waals surface area contributed by atoms with Gasteiger partial charge in [-0.15, -0.1) is 0 Å². The van der Waals surface area contributed by atoms with Crippen LogP contribution in [0.15, 0.2) is 68.4 Å². The monoisotopic (exact) mass is 1380 g/mol. The molecule has 4 saturated carbocycles. The molecule has 2 aromatic heterocycles. The summed E-state index contributed by atoms with van der Waals surface area (Å²) in [5.74, 6) is 1.18. The van der Waals surface area contributed by atoms with E-state index >= 15 is 0 Å². The number of alkyl halides is 1. The predicted molar refractivity (Wildman–Crippen MR) is 332 cm³/mol. The molecule has 0 amide bonds. The molecule has 10 atom stereocenters. The SMILES string of the molecule is CC(=O)OCCBr.COC(=O)/C(=N\O)c1nc2ccccc2n(C2C[C@H]3CCC[C@@H](C2)N3C2CC3CCCC(C3)C2)c1=O.COC(=O)/C(=N\OCCOC(C)=O)c1nc2ccccc2n(C2C[C@H]3CCC[C@@H](C2)N3C2CC3CCCC(C3)C2)c1=O.O=CO[O-].[H-].[K+].[K+]. The molecule has 91 heavy (non-hydrogen) atoms. The van der Waals surface area contributed by atoms with Gasteiger partial charge in [-0.1, -0.05) is 102 Å². The Labute approximate surface area is 626 Å². The van der Waals surface area contributed by atoms with Crippen LogP contribution in [0.25, 0.3) is 22.1 Å². The van der Waals surface area contributed by atoms with Crippen LogP contribution in [0, 0.1) is 23.7 Å². The van der Waals surface area contributed by atoms with E-state index in [1.165, 1.54) is 131 Å². The van der Waals surface area contributed by atoms with E-state index in [9.17, 15) is 34.0 Å². The fourth-order valence-electron chi connectivity index (χ4n) is 16.7. The second kappa shape index (κ2) is 36.7. The number of rotatable bonds is 15. The Balaban J connectivity index is 0.000000246. The number of carbonyl (C=O) groups excluding carboxylic acids is 5. The molecule has 0 spiro atoms. The van der Waals surface area contributed by atoms with Crippen molar-refractivity contribution in [2.75, 3.05) is 39.4 Å². The third-order valence-electron chi connectivity index (χ3n) is 19.7. The summed E-state index contributed by atoms with van der Waals surface area (Å²) in [6, 6.07) is 18.3. The molecule has 4 aromatic rings. The van der Waals surface area contributed by atoms with Gasteiger partial charge in [0.2, 0.25) is 11.4 Å². The molecule has 4 saturated heterocycles. The molecule has 23 nitrogen and oxygen atoms in total. The van der Waals surface area contributed by atoms with Gasteiger partial charge < -0.3 is 49.7 Å². The third kappa shape index (κ3) is 18.8. The number of ether oxygens (including phenoxy) is 4. The van der Waals surface area contributed by atoms with Crippen molar-refractivity contribution in [3.63, 3.8) is 0 Å². The summed E-state index contributed by atoms with van der Waals surface area (Å²) in [7, 11) is 2.43. The minimum absolute atomic E-state index is 0. The van der Waals surface area contributed by atoms with Crippen molar-refractivity contribution in [3.05, 3.63) is 80.6 Å². The van der Waals surface area contributed by atoms with E-state index in [4.69, 9.17) is 29.1 Å². The fourth-order valence-corrected chi connectivity index (χ4v) is 16.8. The molecule has 2 aromatic carbocycles. The molecule has 12 rings (SSSR count). The first kappa shape index (κ1) is 75.0. The summed E-state index contributed by atoms with van der Waals surface area (Å²) in [5, 5.41) is 25.7. The number of esters is 4. The summed E-state index contributed by atoms with van der Waals surface area (Å²) in [4.78, 5) is 105. The van der Waals surface area contributed by atoms with Crippen LogP contribution < -0.4 is 119 Å². The van der Waals surface area contributed by atoms with E-state index in [1.807, 2.05) is 57.7 Å². The number of hydrogen-bond acceptors (Lipinski definition) is 21. The second-order valence-electron chi connectivity index (χ2n) is 25.2. The normalized spacial score (nSPS) is 27.5. The number of halogens is 1. The number of oxime groups is 2. The molecule has 8 fully saturated rings. The number of methoxy groups -OCH3 is 2. The number of fused-ring (bicyclic) bond motifs is 10. The third-order valence-corrected chi connectivity index (χ3v) is 20.1. The molecule has 4 aliphatic carbocycles. The maximum Gasteiger partial charge on any atom is 1.00 e. The Morgan fingerprint density at radius 1 is 0.571 bits per heavy atom. The first-order valence-electron chi connectivity index (χ1n) is 31.9. The van der Waals surface area contributed by atoms with Crippen LogP contribution in [0.2, 0.25) is 0 Å². The standard InChI is InChI=1S/C32H42N4O6.C28H36N4O4.C4H7BrO2.CH2O3.2K.H/c1-20(37)41-13-14-42-34-30(32(39)40-2)29-31(38)36(28-12-4-3-11-27(28)33-29)26-18-23-9-6-10-24(19-26)35(23)25-16-21-7-5-8-22(15-21)17-25;1-36-28(34)26(30-35)25-27(33)32(24-11-3-2-10-23(24)29-25)22-15-19-8-5-9-20(16-22)31(19)21-13-17-6-4-7-18(12-17)14-21;1-4(6)7-3-2-5;2-1-4-3;;;/h3-4,11-12,21-26H,5-10,13-19H2,1-2H3;2-3,10-11,17-22,35H,4-9,12-16H2,1H3;2-3H2,1H3;1,3H;;;/q;;;;2*+1;-1/p-1/b34-30-;30-26-;;;;;/t21?,22?,23-,24+,25?,26?;17?,18?,19-,20+,21?,22?;;;;;. The molecular formula is C65H87BrK2N8O15. The van der Waals surface area contributed by atoms with Gasteiger partial charge in [-0.05, 0) is 138 Å². The van der Waals surface area contributed by atoms with E-state index in [2.05, 4.69) is 55.6 Å². The van der Waals surface area contributed by atoms with Gasteiger partial charge in [0.05, 0.1) is 36.3 Å². The van der Waals surface area contributed by atoms with E-state index in [-0.39, 0.29) is 165 Å². The molecule has 4 aliphatic heterocycles. The van der Waals surface area contributed by atoms with E-state index in [0.717, 1.165) is 73.2 Å². The van der Waals surface area contributed by atoms with Crippen molar-refractivity contribution in [2.24, 2.45) is 34.0 Å². The van der Waals surface area contributed by atoms with Crippen LogP contribution in [0.1, 0.15) is 180 Å². The van der Waals surface area contributed by atoms with Gasteiger partial charge in [-0.2, -0.15) is 0 Å². The summed E-state index contributed by atoms with van der Waals surface area (Å²) in [6.07, 6.45) is 27.3. The van der Waals surface area contributed by atoms with Crippen LogP contribution in [0.5, 0.6) is 0 Å². The number of carbonyl (C=O) groups is 5. The Morgan fingerprint density at radius 3 is 1.31 bits per heavy atom. The number of para-hydroxylation sites is 4. The Morgan fingerprint density at radius 2 is 0.945 bits per heavy atom. The first-order valence-corrected chi connectivity index (χ1v) is 33.0. The molecule has 8 aliphatic rings. The largest absolute Gasteiger partial charge is 1.00 e. The number of nitrogens with zero attached hydrogens (tertiary/aromatic N) is 8. The molecule has 6 heterocycles. The van der Waals surface area contributed by atoms with Crippen LogP contribution in [0.3, 0.4) is 0 Å². The average molecular weight is 1380 g/mol. The summed E-state index contributed by atoms with van der Waals surface area (Å²) in [5.41, 5.74) is 0.968. The van der Waals surface area contributed by atoms with Gasteiger partial charge in [0.15, 0.2) is 18.0 Å². The maximum atomic E-state index is 14.2. The summed E-state index contributed by atoms with van der Waals surface area (Å²) >= 11 is 3.10. The number of piperidine rings is 4. The van der Waals surface area contributed by atoms with Crippen LogP contribution in [0.4, 0.5) is 0 Å². The molecule has 1 N–H and O–H groups in total. The molecule has 8 bridgehead atoms. The minimum atomic E-state index is -0.876. The summed E-state index contributed by atoms with van der Waals surface area (Å²) < 4.78 is 22.8. The number of benzene rings is 2. The van der Waals surface area contributed by atoms with Crippen molar-refractivity contribution >= 4 is 79.8 Å². The zero-order chi connectivity index (χ0) is 63.1. The molecule has 26 heteroatoms. The van der Waals surface area contributed by atoms with Crippen LogP contribution >= 0.6 is 15.9 Å². The molecular weight excluding hydrogens is 1290 g/mol. The predicted octanol–water partition coefficient (Wildman–Crippen LogP) is 2.15. The zero-order valence-corrected chi connectivity index (χ0v) is 61.5. The fraction of sp³-hybridized carbons (Fsp3) is 0.646. The van der Waals surface area contributed by atoms with Crippen molar-refractivity contribution < 1.29 is 167 Å². The molecule has 486 valence electrons. The summed E-state index contributed by atoms with van der Waals surface area (Å²) in [6.45, 7) is 2.86. The number of aromatic nitrogens is 4. The zero-order valence-electron chi connectivity index (χ0n) is 54.6. The Bertz CT molecular complexity index is 3270. The van der Waals surface area contributed by atoms with E-state index in [1.54, 1.807) is 0 Å². The van der Waals surface area contributed by atoms with Crippen molar-refractivity contribution in [3.8, 4) is 0 Å². The molecule has 6 unspecified atom stereocenters. The Hall–Kier alpha value is -3.36. The number of hydrogen-bond donors (Lipinski definition) is 1. The maximum absolute atomic E-state index is 14.2. The Kier molecular flexibility index (Phi) is 30.2. The van der Waals surface area contributed by atoms with Gasteiger partial charge >= 0.3 is 127 Å². The van der Waals surface area contributed by atoms with E-state index < -0.39 is 29.2 Å². The second-order valence-corrected chi connectivity index (χ2v) is 26.0.